The van der Waals surface area contributed by atoms with Gasteiger partial charge in [-0.3, -0.25) is 4.57 Å². The van der Waals surface area contributed by atoms with E-state index >= 15 is 22.0 Å². The molecule has 0 atom stereocenters. The van der Waals surface area contributed by atoms with E-state index in [1.807, 2.05) is 102 Å². The van der Waals surface area contributed by atoms with Crippen molar-refractivity contribution in [3.8, 4) is 61.8 Å². The van der Waals surface area contributed by atoms with Gasteiger partial charge in [-0.2, -0.15) is 0 Å². The number of fused-ring (bicyclic) bond motifs is 4. The summed E-state index contributed by atoms with van der Waals surface area (Å²) in [5.74, 6) is -8.22. The molecule has 3 heterocycles. The monoisotopic (exact) mass is 1120 g/mol. The molecule has 0 N–H and O–H groups in total. The van der Waals surface area contributed by atoms with Gasteiger partial charge in [-0.15, -0.1) is 0 Å². The number of rotatable bonds is 9. The summed E-state index contributed by atoms with van der Waals surface area (Å²) in [5, 5.41) is 2.12. The van der Waals surface area contributed by atoms with Crippen LogP contribution in [-0.4, -0.2) is 16.2 Å². The van der Waals surface area contributed by atoms with Gasteiger partial charge in [0.1, 0.15) is 24.0 Å². The van der Waals surface area contributed by atoms with Gasteiger partial charge in [0.15, 0.2) is 23.3 Å². The van der Waals surface area contributed by atoms with E-state index in [-0.39, 0.29) is 34.2 Å². The fraction of sp³-hybridized carbons (Fsp3) is 0.203. The van der Waals surface area contributed by atoms with E-state index in [9.17, 15) is 0 Å². The van der Waals surface area contributed by atoms with Gasteiger partial charge in [-0.1, -0.05) is 171 Å². The molecule has 0 saturated carbocycles. The highest BCUT2D eigenvalue weighted by molar-refractivity contribution is 6.09. The molecule has 422 valence electrons. The molecule has 0 amide bonds. The second-order valence-electron chi connectivity index (χ2n) is 25.4. The lowest BCUT2D eigenvalue weighted by atomic mass is 9.78. The molecule has 0 saturated heterocycles. The summed E-state index contributed by atoms with van der Waals surface area (Å²) in [6.45, 7) is 23.5. The molecule has 1 aliphatic heterocycles. The Morgan fingerprint density at radius 1 is 0.417 bits per heavy atom. The lowest BCUT2D eigenvalue weighted by molar-refractivity contribution is 0.381. The second kappa shape index (κ2) is 20.7. The summed E-state index contributed by atoms with van der Waals surface area (Å²) in [7, 11) is 0. The highest BCUT2D eigenvalue weighted by atomic mass is 19.2. The van der Waals surface area contributed by atoms with Gasteiger partial charge in [0.25, 0.3) is 0 Å². The zero-order chi connectivity index (χ0) is 59.3. The average molecular weight is 1120 g/mol. The van der Waals surface area contributed by atoms with Crippen molar-refractivity contribution in [3.63, 3.8) is 0 Å². The van der Waals surface area contributed by atoms with Gasteiger partial charge in [0.2, 0.25) is 5.82 Å². The molecule has 12 rings (SSSR count). The van der Waals surface area contributed by atoms with Crippen LogP contribution in [0.25, 0.3) is 72.1 Å². The van der Waals surface area contributed by atoms with Crippen molar-refractivity contribution >= 4 is 44.6 Å². The van der Waals surface area contributed by atoms with Gasteiger partial charge in [0, 0.05) is 45.9 Å². The number of pyridine rings is 1. The van der Waals surface area contributed by atoms with Crippen molar-refractivity contribution in [2.45, 2.75) is 92.4 Å². The maximum Gasteiger partial charge on any atom is 0.200 e. The van der Waals surface area contributed by atoms with E-state index in [0.717, 1.165) is 77.9 Å². The van der Waals surface area contributed by atoms with Gasteiger partial charge in [0.05, 0.1) is 33.7 Å². The molecular weight excluding hydrogens is 1060 g/mol. The van der Waals surface area contributed by atoms with Gasteiger partial charge in [-0.05, 0) is 141 Å². The van der Waals surface area contributed by atoms with Crippen LogP contribution in [-0.2, 0) is 16.2 Å². The Kier molecular flexibility index (Phi) is 13.7. The maximum atomic E-state index is 16.9. The zero-order valence-electron chi connectivity index (χ0n) is 49.1. The summed E-state index contributed by atoms with van der Waals surface area (Å²) >= 11 is 0. The number of halogens is 5. The van der Waals surface area contributed by atoms with Gasteiger partial charge in [-0.25, -0.2) is 26.9 Å². The molecule has 84 heavy (non-hydrogen) atoms. The molecule has 0 unspecified atom stereocenters. The zero-order valence-corrected chi connectivity index (χ0v) is 49.1. The van der Waals surface area contributed by atoms with Crippen molar-refractivity contribution in [2.24, 2.45) is 0 Å². The van der Waals surface area contributed by atoms with Crippen LogP contribution in [0.4, 0.5) is 44.7 Å². The summed E-state index contributed by atoms with van der Waals surface area (Å²) < 4.78 is 90.0. The Labute approximate surface area is 488 Å². The van der Waals surface area contributed by atoms with Crippen LogP contribution in [0.2, 0.25) is 0 Å². The SMILES string of the molecule is Cc1cc(C)cc(-c2cc(Oc3ccc4c5ccccc5n(-c5cc(C(C)(C)C)ccn5)c4c3)cc(N3CN(c4c(-c5cc(C(C)(C)C)cc(C(C)(C)C)c5)cc(-c5ccccc5)cc4-c4c(F)c(F)c(F)c(F)c4F)c4ccccc43)c2)c1. The highest BCUT2D eigenvalue weighted by Crippen LogP contribution is 2.54. The van der Waals surface area contributed by atoms with E-state index in [2.05, 4.69) is 164 Å². The lowest BCUT2D eigenvalue weighted by Crippen LogP contribution is -2.25. The van der Waals surface area contributed by atoms with Crippen molar-refractivity contribution in [3.05, 3.63) is 239 Å². The first-order chi connectivity index (χ1) is 39.9. The Morgan fingerprint density at radius 3 is 1.63 bits per heavy atom. The van der Waals surface area contributed by atoms with Crippen LogP contribution in [0.3, 0.4) is 0 Å². The van der Waals surface area contributed by atoms with Crippen LogP contribution in [0.15, 0.2) is 182 Å². The number of ether oxygens (including phenoxy) is 1. The normalized spacial score (nSPS) is 12.9. The van der Waals surface area contributed by atoms with Crippen molar-refractivity contribution < 1.29 is 26.7 Å². The van der Waals surface area contributed by atoms with Crippen LogP contribution in [0.5, 0.6) is 11.5 Å². The third-order valence-electron chi connectivity index (χ3n) is 16.2. The minimum atomic E-state index is -2.23. The topological polar surface area (TPSA) is 33.5 Å². The minimum Gasteiger partial charge on any atom is -0.457 e. The van der Waals surface area contributed by atoms with Crippen LogP contribution < -0.4 is 14.5 Å². The highest BCUT2D eigenvalue weighted by Gasteiger charge is 2.36. The molecule has 1 aliphatic rings. The minimum absolute atomic E-state index is 0.0486. The number of aromatic nitrogens is 2. The maximum absolute atomic E-state index is 16.9. The first kappa shape index (κ1) is 55.5. The fourth-order valence-corrected chi connectivity index (χ4v) is 11.8. The predicted octanol–water partition coefficient (Wildman–Crippen LogP) is 21.1. The molecule has 0 spiro atoms. The van der Waals surface area contributed by atoms with Crippen molar-refractivity contribution in [2.75, 3.05) is 16.5 Å². The van der Waals surface area contributed by atoms with Crippen LogP contribution >= 0.6 is 0 Å². The molecule has 2 aromatic heterocycles. The second-order valence-corrected chi connectivity index (χ2v) is 25.4. The standard InChI is InChI=1S/C74H65F5N4O/c1-43-29-44(2)31-46(30-43)47-34-53(40-55(35-47)84-54-25-26-57-56-21-15-16-22-60(56)83(63(57)41-54)64-39-50(27-28-80-64)72(3,4)5)81-42-82(62-24-18-17-23-61(62)81)71-58(49-32-51(73(6,7)8)38-52(33-49)74(9,10)11)36-48(45-19-13-12-14-20-45)37-59(71)65-66(75)68(77)70(79)69(78)67(65)76/h12-41H,42H2,1-11H3. The Hall–Kier alpha value is -9.02. The van der Waals surface area contributed by atoms with Crippen LogP contribution in [0, 0.1) is 42.9 Å². The predicted molar refractivity (Wildman–Crippen MR) is 334 cm³/mol. The van der Waals surface area contributed by atoms with E-state index in [4.69, 9.17) is 9.72 Å². The number of para-hydroxylation sites is 3. The van der Waals surface area contributed by atoms with Crippen molar-refractivity contribution in [1.29, 1.82) is 0 Å². The van der Waals surface area contributed by atoms with E-state index in [1.165, 1.54) is 0 Å². The summed E-state index contributed by atoms with van der Waals surface area (Å²) in [6, 6.07) is 58.0. The van der Waals surface area contributed by atoms with Gasteiger partial charge < -0.3 is 14.5 Å². The number of aryl methyl sites for hydroxylation is 2. The fourth-order valence-electron chi connectivity index (χ4n) is 11.8. The summed E-state index contributed by atoms with van der Waals surface area (Å²) in [5.41, 5.74) is 11.9. The number of hydrogen-bond acceptors (Lipinski definition) is 4. The third kappa shape index (κ3) is 10.0. The lowest BCUT2D eigenvalue weighted by Gasteiger charge is -2.30. The molecule has 10 heteroatoms. The molecule has 0 radical (unpaired) electrons. The summed E-state index contributed by atoms with van der Waals surface area (Å²) in [6.07, 6.45) is 1.86. The first-order valence-electron chi connectivity index (χ1n) is 28.4. The van der Waals surface area contributed by atoms with E-state index in [0.29, 0.717) is 39.4 Å². The molecule has 5 nitrogen and oxygen atoms in total. The molecule has 0 aliphatic carbocycles. The molecule has 9 aromatic carbocycles. The van der Waals surface area contributed by atoms with Crippen molar-refractivity contribution in [1.82, 2.24) is 9.55 Å². The average Bonchev–Trinajstić information content (AvgIpc) is 2.07. The Balaban J connectivity index is 1.08. The Morgan fingerprint density at radius 2 is 0.976 bits per heavy atom. The molecule has 0 bridgehead atoms. The number of anilines is 4. The number of hydrogen-bond donors (Lipinski definition) is 0. The third-order valence-corrected chi connectivity index (χ3v) is 16.2. The summed E-state index contributed by atoms with van der Waals surface area (Å²) in [4.78, 5) is 8.95. The first-order valence-corrected chi connectivity index (χ1v) is 28.4. The van der Waals surface area contributed by atoms with Gasteiger partial charge >= 0.3 is 0 Å². The largest absolute Gasteiger partial charge is 0.457 e. The smallest absolute Gasteiger partial charge is 0.200 e. The molecule has 0 fully saturated rings. The van der Waals surface area contributed by atoms with E-state index < -0.39 is 34.6 Å². The van der Waals surface area contributed by atoms with E-state index in [1.54, 1.807) is 6.07 Å². The van der Waals surface area contributed by atoms with Crippen LogP contribution in [0.1, 0.15) is 90.1 Å². The number of benzene rings is 9. The Bertz CT molecular complexity index is 4350. The number of nitrogens with zero attached hydrogens (tertiary/aromatic N) is 4. The molecular formula is C74H65F5N4O. The quantitative estimate of drug-likeness (QED) is 0.0819. The molecule has 11 aromatic rings.